The van der Waals surface area contributed by atoms with Crippen LogP contribution >= 0.6 is 0 Å². The second-order valence-electron chi connectivity index (χ2n) is 5.75. The lowest BCUT2D eigenvalue weighted by molar-refractivity contribution is -0.117. The van der Waals surface area contributed by atoms with Gasteiger partial charge in [0, 0.05) is 18.2 Å². The van der Waals surface area contributed by atoms with E-state index in [2.05, 4.69) is 30.3 Å². The number of hydrogen-bond donors (Lipinski definition) is 0. The SMILES string of the molecule is COc1ccc2c(c1)N([Si](C)(C)C)C(=O)CCC2. The highest BCUT2D eigenvalue weighted by atomic mass is 28.3. The summed E-state index contributed by atoms with van der Waals surface area (Å²) in [5.74, 6) is 1.09. The Balaban J connectivity index is 2.56. The zero-order chi connectivity index (χ0) is 13.3. The van der Waals surface area contributed by atoms with Gasteiger partial charge in [-0.15, -0.1) is 0 Å². The van der Waals surface area contributed by atoms with Crippen LogP contribution in [0.5, 0.6) is 5.75 Å². The van der Waals surface area contributed by atoms with Crippen molar-refractivity contribution >= 4 is 19.8 Å². The highest BCUT2D eigenvalue weighted by Gasteiger charge is 2.33. The normalized spacial score (nSPS) is 16.2. The number of amides is 1. The molecule has 0 bridgehead atoms. The predicted octanol–water partition coefficient (Wildman–Crippen LogP) is 3.20. The van der Waals surface area contributed by atoms with Gasteiger partial charge < -0.3 is 9.30 Å². The second kappa shape index (κ2) is 4.76. The molecule has 1 aromatic rings. The number of anilines is 1. The van der Waals surface area contributed by atoms with Gasteiger partial charge in [0.15, 0.2) is 8.24 Å². The molecule has 0 saturated carbocycles. The van der Waals surface area contributed by atoms with Gasteiger partial charge >= 0.3 is 0 Å². The molecule has 1 aromatic carbocycles. The summed E-state index contributed by atoms with van der Waals surface area (Å²) < 4.78 is 7.35. The Morgan fingerprint density at radius 1 is 1.22 bits per heavy atom. The van der Waals surface area contributed by atoms with E-state index in [1.165, 1.54) is 5.56 Å². The molecule has 3 nitrogen and oxygen atoms in total. The third-order valence-corrected chi connectivity index (χ3v) is 5.12. The van der Waals surface area contributed by atoms with Gasteiger partial charge in [-0.3, -0.25) is 4.79 Å². The van der Waals surface area contributed by atoms with E-state index in [0.717, 1.165) is 24.3 Å². The number of hydrogen-bond acceptors (Lipinski definition) is 2. The van der Waals surface area contributed by atoms with Crippen molar-refractivity contribution in [2.24, 2.45) is 0 Å². The fourth-order valence-corrected chi connectivity index (χ4v) is 4.29. The van der Waals surface area contributed by atoms with Crippen molar-refractivity contribution < 1.29 is 9.53 Å². The number of rotatable bonds is 2. The maximum Gasteiger partial charge on any atom is 0.219 e. The number of fused-ring (bicyclic) bond motifs is 1. The van der Waals surface area contributed by atoms with Crippen LogP contribution in [0.15, 0.2) is 18.2 Å². The minimum atomic E-state index is -1.71. The minimum Gasteiger partial charge on any atom is -0.497 e. The van der Waals surface area contributed by atoms with Crippen LogP contribution in [0.4, 0.5) is 5.69 Å². The second-order valence-corrected chi connectivity index (χ2v) is 10.5. The number of carbonyl (C=O) groups is 1. The number of aryl methyl sites for hydroxylation is 1. The van der Waals surface area contributed by atoms with E-state index in [1.807, 2.05) is 12.1 Å². The van der Waals surface area contributed by atoms with Crippen molar-refractivity contribution in [3.8, 4) is 5.75 Å². The van der Waals surface area contributed by atoms with E-state index in [1.54, 1.807) is 7.11 Å². The molecule has 1 heterocycles. The summed E-state index contributed by atoms with van der Waals surface area (Å²) in [7, 11) is -0.0446. The molecule has 0 unspecified atom stereocenters. The molecule has 0 N–H and O–H groups in total. The standard InChI is InChI=1S/C14H21NO2Si/c1-17-12-9-8-11-6-5-7-14(16)15(13(11)10-12)18(2,3)4/h8-10H,5-7H2,1-4H3. The fourth-order valence-electron chi connectivity index (χ4n) is 2.50. The van der Waals surface area contributed by atoms with Gasteiger partial charge in [0.05, 0.1) is 7.11 Å². The number of nitrogens with zero attached hydrogens (tertiary/aromatic N) is 1. The summed E-state index contributed by atoms with van der Waals surface area (Å²) in [5.41, 5.74) is 2.33. The van der Waals surface area contributed by atoms with Crippen molar-refractivity contribution in [3.05, 3.63) is 23.8 Å². The Labute approximate surface area is 110 Å². The molecule has 98 valence electrons. The maximum absolute atomic E-state index is 12.3. The van der Waals surface area contributed by atoms with Gasteiger partial charge in [-0.25, -0.2) is 0 Å². The summed E-state index contributed by atoms with van der Waals surface area (Å²) in [6.45, 7) is 6.62. The van der Waals surface area contributed by atoms with Gasteiger partial charge in [0.1, 0.15) is 5.75 Å². The third kappa shape index (κ3) is 2.43. The van der Waals surface area contributed by atoms with E-state index < -0.39 is 8.24 Å². The fraction of sp³-hybridized carbons (Fsp3) is 0.500. The minimum absolute atomic E-state index is 0.265. The average Bonchev–Trinajstić information content (AvgIpc) is 2.45. The molecular weight excluding hydrogens is 242 g/mol. The molecule has 0 aliphatic carbocycles. The lowest BCUT2D eigenvalue weighted by Gasteiger charge is -2.34. The zero-order valence-electron chi connectivity index (χ0n) is 11.6. The van der Waals surface area contributed by atoms with E-state index in [4.69, 9.17) is 4.74 Å². The molecule has 2 rings (SSSR count). The first-order valence-electron chi connectivity index (χ1n) is 6.43. The Morgan fingerprint density at radius 3 is 2.56 bits per heavy atom. The van der Waals surface area contributed by atoms with Crippen molar-refractivity contribution in [2.75, 3.05) is 11.7 Å². The molecule has 0 saturated heterocycles. The van der Waals surface area contributed by atoms with Crippen LogP contribution in [0, 0.1) is 0 Å². The van der Waals surface area contributed by atoms with Crippen LogP contribution in [0.2, 0.25) is 19.6 Å². The molecule has 0 radical (unpaired) electrons. The first-order valence-corrected chi connectivity index (χ1v) is 9.88. The van der Waals surface area contributed by atoms with E-state index in [-0.39, 0.29) is 5.91 Å². The van der Waals surface area contributed by atoms with E-state index in [0.29, 0.717) is 6.42 Å². The topological polar surface area (TPSA) is 29.5 Å². The van der Waals surface area contributed by atoms with Crippen LogP contribution in [0.3, 0.4) is 0 Å². The third-order valence-electron chi connectivity index (χ3n) is 3.29. The summed E-state index contributed by atoms with van der Waals surface area (Å²) in [4.78, 5) is 12.3. The Kier molecular flexibility index (Phi) is 3.48. The first-order chi connectivity index (χ1) is 8.43. The maximum atomic E-state index is 12.3. The molecule has 0 aromatic heterocycles. The number of ether oxygens (including phenoxy) is 1. The summed E-state index contributed by atoms with van der Waals surface area (Å²) in [6, 6.07) is 6.09. The summed E-state index contributed by atoms with van der Waals surface area (Å²) >= 11 is 0. The molecule has 0 spiro atoms. The zero-order valence-corrected chi connectivity index (χ0v) is 12.6. The van der Waals surface area contributed by atoms with Gasteiger partial charge in [-0.05, 0) is 24.5 Å². The van der Waals surface area contributed by atoms with Gasteiger partial charge in [0.2, 0.25) is 5.91 Å². The van der Waals surface area contributed by atoms with E-state index in [9.17, 15) is 4.79 Å². The first kappa shape index (κ1) is 13.1. The average molecular weight is 263 g/mol. The molecule has 1 aliphatic heterocycles. The molecule has 18 heavy (non-hydrogen) atoms. The summed E-state index contributed by atoms with van der Waals surface area (Å²) in [5, 5.41) is 0. The largest absolute Gasteiger partial charge is 0.497 e. The highest BCUT2D eigenvalue weighted by Crippen LogP contribution is 2.33. The summed E-state index contributed by atoms with van der Waals surface area (Å²) in [6.07, 6.45) is 2.58. The van der Waals surface area contributed by atoms with Crippen molar-refractivity contribution in [3.63, 3.8) is 0 Å². The van der Waals surface area contributed by atoms with Crippen LogP contribution in [-0.2, 0) is 11.2 Å². The monoisotopic (exact) mass is 263 g/mol. The molecule has 0 fully saturated rings. The van der Waals surface area contributed by atoms with Gasteiger partial charge in [-0.2, -0.15) is 0 Å². The van der Waals surface area contributed by atoms with Gasteiger partial charge in [-0.1, -0.05) is 25.7 Å². The smallest absolute Gasteiger partial charge is 0.219 e. The van der Waals surface area contributed by atoms with Crippen LogP contribution in [0.1, 0.15) is 18.4 Å². The Bertz CT molecular complexity index is 465. The van der Waals surface area contributed by atoms with Crippen molar-refractivity contribution in [1.82, 2.24) is 0 Å². The molecule has 0 atom stereocenters. The van der Waals surface area contributed by atoms with Crippen LogP contribution < -0.4 is 9.30 Å². The quantitative estimate of drug-likeness (QED) is 0.767. The number of methoxy groups -OCH3 is 1. The molecule has 1 amide bonds. The molecule has 1 aliphatic rings. The number of benzene rings is 1. The van der Waals surface area contributed by atoms with E-state index >= 15 is 0 Å². The van der Waals surface area contributed by atoms with Crippen LogP contribution in [-0.4, -0.2) is 21.3 Å². The van der Waals surface area contributed by atoms with Crippen LogP contribution in [0.25, 0.3) is 0 Å². The predicted molar refractivity (Wildman–Crippen MR) is 76.8 cm³/mol. The number of carbonyl (C=O) groups excluding carboxylic acids is 1. The Hall–Kier alpha value is -1.29. The lowest BCUT2D eigenvalue weighted by Crippen LogP contribution is -2.50. The molecular formula is C14H21NO2Si. The van der Waals surface area contributed by atoms with Crippen molar-refractivity contribution in [1.29, 1.82) is 0 Å². The Morgan fingerprint density at radius 2 is 1.94 bits per heavy atom. The highest BCUT2D eigenvalue weighted by molar-refractivity contribution is 6.83. The lowest BCUT2D eigenvalue weighted by atomic mass is 10.1. The van der Waals surface area contributed by atoms with Crippen molar-refractivity contribution in [2.45, 2.75) is 38.9 Å². The van der Waals surface area contributed by atoms with Gasteiger partial charge in [0.25, 0.3) is 0 Å². The molecule has 4 heteroatoms.